The van der Waals surface area contributed by atoms with E-state index in [0.29, 0.717) is 16.5 Å². The van der Waals surface area contributed by atoms with E-state index >= 15 is 0 Å². The Morgan fingerprint density at radius 2 is 2.06 bits per heavy atom. The van der Waals surface area contributed by atoms with Crippen LogP contribution < -0.4 is 5.32 Å². The molecule has 1 atom stereocenters. The average Bonchev–Trinajstić information content (AvgIpc) is 3.17. The molecule has 2 fully saturated rings. The van der Waals surface area contributed by atoms with Crippen LogP contribution in [-0.4, -0.2) is 6.54 Å². The smallest absolute Gasteiger partial charge is 0.0468 e. The second-order valence-electron chi connectivity index (χ2n) is 5.91. The molecule has 0 saturated heterocycles. The van der Waals surface area contributed by atoms with E-state index in [4.69, 9.17) is 23.2 Å². The molecular formula is C15H19Cl2N. The van der Waals surface area contributed by atoms with Gasteiger partial charge in [0.05, 0.1) is 0 Å². The van der Waals surface area contributed by atoms with Crippen LogP contribution in [0.3, 0.4) is 0 Å². The van der Waals surface area contributed by atoms with Gasteiger partial charge in [-0.2, -0.15) is 0 Å². The summed E-state index contributed by atoms with van der Waals surface area (Å²) >= 11 is 12.2. The van der Waals surface area contributed by atoms with Gasteiger partial charge in [0.2, 0.25) is 0 Å². The van der Waals surface area contributed by atoms with Gasteiger partial charge in [-0.15, -0.1) is 0 Å². The number of hydrogen-bond acceptors (Lipinski definition) is 1. The number of rotatable bonds is 5. The topological polar surface area (TPSA) is 12.0 Å². The Kier molecular flexibility index (Phi) is 3.34. The summed E-state index contributed by atoms with van der Waals surface area (Å²) in [6.45, 7) is 3.32. The normalized spacial score (nSPS) is 22.8. The zero-order chi connectivity index (χ0) is 12.8. The molecule has 18 heavy (non-hydrogen) atoms. The maximum Gasteiger partial charge on any atom is 0.0468 e. The molecule has 2 saturated carbocycles. The van der Waals surface area contributed by atoms with Gasteiger partial charge < -0.3 is 5.32 Å². The lowest BCUT2D eigenvalue weighted by molar-refractivity contribution is 0.382. The Labute approximate surface area is 119 Å². The van der Waals surface area contributed by atoms with Crippen LogP contribution in [0.2, 0.25) is 10.0 Å². The molecule has 3 rings (SSSR count). The molecule has 1 nitrogen and oxygen atoms in total. The van der Waals surface area contributed by atoms with Gasteiger partial charge in [0.25, 0.3) is 0 Å². The molecular weight excluding hydrogens is 265 g/mol. The van der Waals surface area contributed by atoms with Crippen molar-refractivity contribution in [1.82, 2.24) is 5.32 Å². The van der Waals surface area contributed by atoms with E-state index in [9.17, 15) is 0 Å². The third-order valence-corrected chi connectivity index (χ3v) is 5.09. The third kappa shape index (κ3) is 2.54. The molecule has 0 radical (unpaired) electrons. The fourth-order valence-corrected chi connectivity index (χ4v) is 3.48. The summed E-state index contributed by atoms with van der Waals surface area (Å²) in [5.41, 5.74) is 1.78. The van der Waals surface area contributed by atoms with Gasteiger partial charge in [0.1, 0.15) is 0 Å². The highest BCUT2D eigenvalue weighted by molar-refractivity contribution is 6.35. The van der Waals surface area contributed by atoms with E-state index in [1.165, 1.54) is 25.7 Å². The van der Waals surface area contributed by atoms with Crippen molar-refractivity contribution in [3.63, 3.8) is 0 Å². The van der Waals surface area contributed by atoms with Crippen molar-refractivity contribution in [2.45, 2.75) is 38.6 Å². The van der Waals surface area contributed by atoms with Crippen molar-refractivity contribution in [2.24, 2.45) is 11.3 Å². The zero-order valence-corrected chi connectivity index (χ0v) is 12.2. The lowest BCUT2D eigenvalue weighted by atomic mass is 9.99. The average molecular weight is 284 g/mol. The Hall–Kier alpha value is -0.240. The molecule has 0 heterocycles. The maximum absolute atomic E-state index is 6.24. The second-order valence-corrected chi connectivity index (χ2v) is 6.75. The van der Waals surface area contributed by atoms with E-state index in [0.717, 1.165) is 23.0 Å². The quantitative estimate of drug-likeness (QED) is 0.816. The SMILES string of the molecule is CC(NCC1(C2CC2)CC1)c1ccc(Cl)cc1Cl. The van der Waals surface area contributed by atoms with Crippen LogP contribution in [0.4, 0.5) is 0 Å². The summed E-state index contributed by atoms with van der Waals surface area (Å²) in [6.07, 6.45) is 5.70. The van der Waals surface area contributed by atoms with Crippen molar-refractivity contribution in [3.8, 4) is 0 Å². The van der Waals surface area contributed by atoms with Gasteiger partial charge >= 0.3 is 0 Å². The number of hydrogen-bond donors (Lipinski definition) is 1. The first-order chi connectivity index (χ1) is 8.61. The molecule has 3 heteroatoms. The van der Waals surface area contributed by atoms with Crippen LogP contribution in [0.1, 0.15) is 44.2 Å². The first kappa shape index (κ1) is 12.8. The largest absolute Gasteiger partial charge is 0.310 e. The van der Waals surface area contributed by atoms with E-state index in [-0.39, 0.29) is 0 Å². The zero-order valence-electron chi connectivity index (χ0n) is 10.7. The summed E-state index contributed by atoms with van der Waals surface area (Å²) < 4.78 is 0. The summed E-state index contributed by atoms with van der Waals surface area (Å²) in [5.74, 6) is 0.998. The lowest BCUT2D eigenvalue weighted by Crippen LogP contribution is -2.28. The summed E-state index contributed by atoms with van der Waals surface area (Å²) in [5, 5.41) is 5.12. The van der Waals surface area contributed by atoms with Gasteiger partial charge in [-0.1, -0.05) is 29.3 Å². The second kappa shape index (κ2) is 4.70. The Morgan fingerprint density at radius 3 is 2.61 bits per heavy atom. The van der Waals surface area contributed by atoms with Crippen molar-refractivity contribution in [1.29, 1.82) is 0 Å². The number of nitrogens with one attached hydrogen (secondary N) is 1. The predicted octanol–water partition coefficient (Wildman–Crippen LogP) is 4.83. The maximum atomic E-state index is 6.24. The predicted molar refractivity (Wildman–Crippen MR) is 77.3 cm³/mol. The van der Waals surface area contributed by atoms with Crippen LogP contribution in [0.25, 0.3) is 0 Å². The molecule has 1 aromatic rings. The van der Waals surface area contributed by atoms with Crippen molar-refractivity contribution >= 4 is 23.2 Å². The minimum absolute atomic E-state index is 0.297. The van der Waals surface area contributed by atoms with Crippen LogP contribution in [0.15, 0.2) is 18.2 Å². The Balaban J connectivity index is 1.62. The number of benzene rings is 1. The molecule has 2 aliphatic carbocycles. The van der Waals surface area contributed by atoms with Crippen molar-refractivity contribution in [2.75, 3.05) is 6.54 Å². The molecule has 0 amide bonds. The van der Waals surface area contributed by atoms with Gasteiger partial charge in [-0.05, 0) is 61.6 Å². The minimum Gasteiger partial charge on any atom is -0.310 e. The number of halogens is 2. The summed E-state index contributed by atoms with van der Waals surface area (Å²) in [7, 11) is 0. The van der Waals surface area contributed by atoms with Crippen LogP contribution in [0, 0.1) is 11.3 Å². The van der Waals surface area contributed by atoms with E-state index in [2.05, 4.69) is 12.2 Å². The molecule has 0 spiro atoms. The highest BCUT2D eigenvalue weighted by Gasteiger charge is 2.53. The molecule has 1 unspecified atom stereocenters. The Morgan fingerprint density at radius 1 is 1.33 bits per heavy atom. The van der Waals surface area contributed by atoms with Crippen LogP contribution >= 0.6 is 23.2 Å². The van der Waals surface area contributed by atoms with Crippen molar-refractivity contribution < 1.29 is 0 Å². The lowest BCUT2D eigenvalue weighted by Gasteiger charge is -2.21. The van der Waals surface area contributed by atoms with E-state index in [1.54, 1.807) is 0 Å². The van der Waals surface area contributed by atoms with Crippen LogP contribution in [-0.2, 0) is 0 Å². The fourth-order valence-electron chi connectivity index (χ4n) is 2.90. The van der Waals surface area contributed by atoms with Crippen molar-refractivity contribution in [3.05, 3.63) is 33.8 Å². The third-order valence-electron chi connectivity index (χ3n) is 4.52. The minimum atomic E-state index is 0.297. The van der Waals surface area contributed by atoms with Crippen LogP contribution in [0.5, 0.6) is 0 Å². The molecule has 1 aromatic carbocycles. The van der Waals surface area contributed by atoms with Gasteiger partial charge in [0.15, 0.2) is 0 Å². The first-order valence-electron chi connectivity index (χ1n) is 6.79. The van der Waals surface area contributed by atoms with Gasteiger partial charge in [0, 0.05) is 22.6 Å². The summed E-state index contributed by atoms with van der Waals surface area (Å²) in [6, 6.07) is 6.06. The van der Waals surface area contributed by atoms with E-state index < -0.39 is 0 Å². The first-order valence-corrected chi connectivity index (χ1v) is 7.55. The molecule has 2 aliphatic rings. The molecule has 0 aromatic heterocycles. The monoisotopic (exact) mass is 283 g/mol. The van der Waals surface area contributed by atoms with Gasteiger partial charge in [-0.3, -0.25) is 0 Å². The Bertz CT molecular complexity index is 450. The fraction of sp³-hybridized carbons (Fsp3) is 0.600. The van der Waals surface area contributed by atoms with E-state index in [1.807, 2.05) is 18.2 Å². The highest BCUT2D eigenvalue weighted by atomic mass is 35.5. The van der Waals surface area contributed by atoms with Gasteiger partial charge in [-0.25, -0.2) is 0 Å². The highest BCUT2D eigenvalue weighted by Crippen LogP contribution is 2.61. The molecule has 1 N–H and O–H groups in total. The molecule has 0 bridgehead atoms. The molecule has 98 valence electrons. The molecule has 0 aliphatic heterocycles. The standard InChI is InChI=1S/C15H19Cl2N/c1-10(13-5-4-12(16)8-14(13)17)18-9-15(6-7-15)11-2-3-11/h4-5,8,10-11,18H,2-3,6-7,9H2,1H3. The summed E-state index contributed by atoms with van der Waals surface area (Å²) in [4.78, 5) is 0.